The topological polar surface area (TPSA) is 53.4 Å². The van der Waals surface area contributed by atoms with E-state index in [-0.39, 0.29) is 0 Å². The highest BCUT2D eigenvalue weighted by Gasteiger charge is 2.25. The van der Waals surface area contributed by atoms with Gasteiger partial charge in [0.15, 0.2) is 0 Å². The Hall–Kier alpha value is -1.58. The van der Waals surface area contributed by atoms with Gasteiger partial charge in [0.2, 0.25) is 0 Å². The normalized spacial score (nSPS) is 14.3. The van der Waals surface area contributed by atoms with Crippen LogP contribution < -0.4 is 0 Å². The number of amides is 1. The van der Waals surface area contributed by atoms with Gasteiger partial charge in [-0.25, -0.2) is 4.79 Å². The first kappa shape index (κ1) is 8.99. The third-order valence-corrected chi connectivity index (χ3v) is 2.52. The molecule has 1 aromatic rings. The Labute approximate surface area is 82.2 Å². The molecule has 14 heavy (non-hydrogen) atoms. The van der Waals surface area contributed by atoms with Crippen molar-refractivity contribution >= 4 is 6.09 Å². The molecule has 0 saturated heterocycles. The Bertz CT molecular complexity index is 401. The van der Waals surface area contributed by atoms with E-state index in [9.17, 15) is 4.79 Å². The molecule has 0 fully saturated rings. The molecule has 0 atom stereocenters. The zero-order valence-electron chi connectivity index (χ0n) is 8.24. The summed E-state index contributed by atoms with van der Waals surface area (Å²) in [6.07, 6.45) is -0.875. The first-order chi connectivity index (χ1) is 6.58. The van der Waals surface area contributed by atoms with E-state index in [4.69, 9.17) is 5.11 Å². The maximum Gasteiger partial charge on any atom is 0.407 e. The van der Waals surface area contributed by atoms with Gasteiger partial charge in [-0.3, -0.25) is 9.88 Å². The van der Waals surface area contributed by atoms with Gasteiger partial charge in [-0.15, -0.1) is 0 Å². The average Bonchev–Trinajstić information content (AvgIpc) is 2.47. The molecule has 2 rings (SSSR count). The van der Waals surface area contributed by atoms with Crippen LogP contribution in [-0.2, 0) is 13.1 Å². The highest BCUT2D eigenvalue weighted by Crippen LogP contribution is 2.24. The molecule has 1 N–H and O–H groups in total. The summed E-state index contributed by atoms with van der Waals surface area (Å²) in [6, 6.07) is 1.99. The van der Waals surface area contributed by atoms with E-state index < -0.39 is 6.09 Å². The summed E-state index contributed by atoms with van der Waals surface area (Å²) < 4.78 is 0. The molecule has 4 heteroatoms. The third-order valence-electron chi connectivity index (χ3n) is 2.52. The smallest absolute Gasteiger partial charge is 0.407 e. The van der Waals surface area contributed by atoms with Gasteiger partial charge in [-0.1, -0.05) is 0 Å². The highest BCUT2D eigenvalue weighted by atomic mass is 16.4. The van der Waals surface area contributed by atoms with Crippen LogP contribution in [-0.4, -0.2) is 21.1 Å². The van der Waals surface area contributed by atoms with E-state index in [1.165, 1.54) is 4.90 Å². The zero-order chi connectivity index (χ0) is 10.3. The maximum absolute atomic E-state index is 10.8. The number of hydrogen-bond donors (Lipinski definition) is 1. The van der Waals surface area contributed by atoms with Crippen molar-refractivity contribution in [3.63, 3.8) is 0 Å². The number of aromatic nitrogens is 1. The van der Waals surface area contributed by atoms with Crippen LogP contribution in [0.1, 0.15) is 22.5 Å². The second-order valence-electron chi connectivity index (χ2n) is 3.64. The molecular formula is C10H12N2O2. The molecular weight excluding hydrogens is 180 g/mol. The van der Waals surface area contributed by atoms with Crippen LogP contribution in [0.3, 0.4) is 0 Å². The minimum Gasteiger partial charge on any atom is -0.465 e. The fourth-order valence-electron chi connectivity index (χ4n) is 1.85. The van der Waals surface area contributed by atoms with Gasteiger partial charge >= 0.3 is 6.09 Å². The Morgan fingerprint density at radius 1 is 1.50 bits per heavy atom. The summed E-state index contributed by atoms with van der Waals surface area (Å²) in [6.45, 7) is 4.83. The van der Waals surface area contributed by atoms with Crippen LogP contribution in [0, 0.1) is 13.8 Å². The lowest BCUT2D eigenvalue weighted by Gasteiger charge is -2.08. The Morgan fingerprint density at radius 2 is 2.21 bits per heavy atom. The lowest BCUT2D eigenvalue weighted by Crippen LogP contribution is -2.22. The van der Waals surface area contributed by atoms with Crippen molar-refractivity contribution < 1.29 is 9.90 Å². The molecule has 4 nitrogen and oxygen atoms in total. The summed E-state index contributed by atoms with van der Waals surface area (Å²) in [7, 11) is 0. The molecule has 1 amide bonds. The molecule has 0 unspecified atom stereocenters. The van der Waals surface area contributed by atoms with Crippen molar-refractivity contribution in [1.29, 1.82) is 0 Å². The SMILES string of the molecule is Cc1cc(C)c2c(n1)CN(C(=O)O)C2. The van der Waals surface area contributed by atoms with Crippen LogP contribution in [0.5, 0.6) is 0 Å². The number of aryl methyl sites for hydroxylation is 2. The standard InChI is InChI=1S/C10H12N2O2/c1-6-3-7(2)11-9-5-12(10(13)14)4-8(6)9/h3H,4-5H2,1-2H3,(H,13,14). The van der Waals surface area contributed by atoms with Crippen molar-refractivity contribution in [1.82, 2.24) is 9.88 Å². The number of fused-ring (bicyclic) bond motifs is 1. The van der Waals surface area contributed by atoms with Gasteiger partial charge in [0.25, 0.3) is 0 Å². The molecule has 74 valence electrons. The number of nitrogens with zero attached hydrogens (tertiary/aromatic N) is 2. The molecule has 1 aliphatic heterocycles. The molecule has 0 aliphatic carbocycles. The summed E-state index contributed by atoms with van der Waals surface area (Å²) in [4.78, 5) is 16.5. The second-order valence-corrected chi connectivity index (χ2v) is 3.64. The summed E-state index contributed by atoms with van der Waals surface area (Å²) in [5.41, 5.74) is 4.06. The zero-order valence-corrected chi connectivity index (χ0v) is 8.24. The average molecular weight is 192 g/mol. The van der Waals surface area contributed by atoms with Crippen molar-refractivity contribution in [3.05, 3.63) is 28.6 Å². The van der Waals surface area contributed by atoms with Crippen molar-refractivity contribution in [2.75, 3.05) is 0 Å². The lowest BCUT2D eigenvalue weighted by molar-refractivity contribution is 0.145. The van der Waals surface area contributed by atoms with Crippen LogP contribution in [0.15, 0.2) is 6.07 Å². The second kappa shape index (κ2) is 2.97. The van der Waals surface area contributed by atoms with E-state index in [2.05, 4.69) is 4.98 Å². The van der Waals surface area contributed by atoms with E-state index in [1.54, 1.807) is 0 Å². The number of hydrogen-bond acceptors (Lipinski definition) is 2. The minimum atomic E-state index is -0.875. The van der Waals surface area contributed by atoms with Crippen molar-refractivity contribution in [3.8, 4) is 0 Å². The quantitative estimate of drug-likeness (QED) is 0.680. The predicted octanol–water partition coefficient (Wildman–Crippen LogP) is 1.69. The van der Waals surface area contributed by atoms with Gasteiger partial charge in [-0.2, -0.15) is 0 Å². The van der Waals surface area contributed by atoms with E-state index in [0.29, 0.717) is 13.1 Å². The number of rotatable bonds is 0. The summed E-state index contributed by atoms with van der Waals surface area (Å²) in [5.74, 6) is 0. The number of pyridine rings is 1. The summed E-state index contributed by atoms with van der Waals surface area (Å²) >= 11 is 0. The first-order valence-corrected chi connectivity index (χ1v) is 4.52. The Balaban J connectivity index is 2.39. The molecule has 2 heterocycles. The molecule has 0 bridgehead atoms. The number of carbonyl (C=O) groups is 1. The largest absolute Gasteiger partial charge is 0.465 e. The van der Waals surface area contributed by atoms with Gasteiger partial charge in [0.05, 0.1) is 18.8 Å². The van der Waals surface area contributed by atoms with Crippen LogP contribution in [0.4, 0.5) is 4.79 Å². The van der Waals surface area contributed by atoms with Crippen molar-refractivity contribution in [2.24, 2.45) is 0 Å². The predicted molar refractivity (Wildman–Crippen MR) is 51.0 cm³/mol. The fourth-order valence-corrected chi connectivity index (χ4v) is 1.85. The lowest BCUT2D eigenvalue weighted by atomic mass is 10.1. The van der Waals surface area contributed by atoms with Crippen molar-refractivity contribution in [2.45, 2.75) is 26.9 Å². The van der Waals surface area contributed by atoms with Gasteiger partial charge < -0.3 is 5.11 Å². The van der Waals surface area contributed by atoms with E-state index in [0.717, 1.165) is 22.5 Å². The van der Waals surface area contributed by atoms with Crippen LogP contribution in [0.25, 0.3) is 0 Å². The highest BCUT2D eigenvalue weighted by molar-refractivity contribution is 5.66. The molecule has 1 aromatic heterocycles. The monoisotopic (exact) mass is 192 g/mol. The summed E-state index contributed by atoms with van der Waals surface area (Å²) in [5, 5.41) is 8.84. The molecule has 0 aromatic carbocycles. The fraction of sp³-hybridized carbons (Fsp3) is 0.400. The first-order valence-electron chi connectivity index (χ1n) is 4.52. The Morgan fingerprint density at radius 3 is 2.86 bits per heavy atom. The maximum atomic E-state index is 10.8. The Kier molecular flexibility index (Phi) is 1.91. The van der Waals surface area contributed by atoms with Crippen LogP contribution in [0.2, 0.25) is 0 Å². The molecule has 0 spiro atoms. The number of carboxylic acid groups (broad SMARTS) is 1. The van der Waals surface area contributed by atoms with Gasteiger partial charge in [-0.05, 0) is 31.0 Å². The van der Waals surface area contributed by atoms with E-state index in [1.807, 2.05) is 19.9 Å². The third kappa shape index (κ3) is 1.32. The molecule has 0 saturated carbocycles. The molecule has 0 radical (unpaired) electrons. The minimum absolute atomic E-state index is 0.424. The molecule has 1 aliphatic rings. The van der Waals surface area contributed by atoms with Gasteiger partial charge in [0.1, 0.15) is 0 Å². The van der Waals surface area contributed by atoms with Crippen LogP contribution >= 0.6 is 0 Å². The van der Waals surface area contributed by atoms with Gasteiger partial charge in [0, 0.05) is 5.69 Å². The van der Waals surface area contributed by atoms with E-state index >= 15 is 0 Å².